The first kappa shape index (κ1) is 24.9. The van der Waals surface area contributed by atoms with E-state index in [2.05, 4.69) is 15.3 Å². The summed E-state index contributed by atoms with van der Waals surface area (Å²) in [5.41, 5.74) is 2.58. The lowest BCUT2D eigenvalue weighted by Gasteiger charge is -2.14. The number of H-pyrrole nitrogens is 1. The maximum atomic E-state index is 14.7. The third-order valence-electron chi connectivity index (χ3n) is 6.33. The summed E-state index contributed by atoms with van der Waals surface area (Å²) in [5, 5.41) is 11.9. The number of aliphatic carboxylic acids is 1. The zero-order valence-electron chi connectivity index (χ0n) is 20.4. The number of anilines is 2. The molecule has 1 unspecified atom stereocenters. The van der Waals surface area contributed by atoms with E-state index in [1.807, 2.05) is 6.92 Å². The number of nitrogens with one attached hydrogen (secondary N) is 2. The number of nitrogens with zero attached hydrogens (tertiary/aromatic N) is 2. The number of hydrogen-bond donors (Lipinski definition) is 3. The van der Waals surface area contributed by atoms with E-state index in [0.29, 0.717) is 35.7 Å². The Morgan fingerprint density at radius 2 is 1.87 bits per heavy atom. The molecule has 0 spiro atoms. The highest BCUT2D eigenvalue weighted by Crippen LogP contribution is 2.30. The molecule has 1 aliphatic rings. The number of hydrogen-bond acceptors (Lipinski definition) is 5. The van der Waals surface area contributed by atoms with E-state index in [0.717, 1.165) is 5.56 Å². The van der Waals surface area contributed by atoms with Crippen molar-refractivity contribution in [3.05, 3.63) is 89.8 Å². The van der Waals surface area contributed by atoms with Gasteiger partial charge in [0.2, 0.25) is 0 Å². The van der Waals surface area contributed by atoms with Gasteiger partial charge in [-0.3, -0.25) is 14.6 Å². The zero-order valence-corrected chi connectivity index (χ0v) is 20.4. The number of amides is 1. The minimum atomic E-state index is -0.901. The van der Waals surface area contributed by atoms with Gasteiger partial charge in [-0.2, -0.15) is 0 Å². The predicted molar refractivity (Wildman–Crippen MR) is 137 cm³/mol. The van der Waals surface area contributed by atoms with Crippen LogP contribution in [0.25, 0.3) is 11.4 Å². The fourth-order valence-corrected chi connectivity index (χ4v) is 4.29. The van der Waals surface area contributed by atoms with Gasteiger partial charge in [-0.15, -0.1) is 0 Å². The van der Waals surface area contributed by atoms with Crippen molar-refractivity contribution in [3.8, 4) is 22.9 Å². The SMILES string of the molecule is Cc1ccc(F)c(Nc2ccc(Oc3ccnc(-c4cc(C(=O)N5CCC(C(=O)O)C5)c[nH]4)c3)cc2F)c1. The van der Waals surface area contributed by atoms with Crippen molar-refractivity contribution in [2.45, 2.75) is 13.3 Å². The molecule has 3 N–H and O–H groups in total. The highest BCUT2D eigenvalue weighted by molar-refractivity contribution is 5.95. The molecule has 2 aromatic carbocycles. The third-order valence-corrected chi connectivity index (χ3v) is 6.33. The first-order chi connectivity index (χ1) is 18.3. The first-order valence-corrected chi connectivity index (χ1v) is 11.9. The molecule has 1 aliphatic heterocycles. The number of halogens is 2. The number of rotatable bonds is 7. The van der Waals surface area contributed by atoms with Crippen LogP contribution in [0.5, 0.6) is 11.5 Å². The number of likely N-dealkylation sites (tertiary alicyclic amines) is 1. The van der Waals surface area contributed by atoms with Crippen LogP contribution in [0.4, 0.5) is 20.2 Å². The number of aryl methyl sites for hydroxylation is 1. The maximum Gasteiger partial charge on any atom is 0.308 e. The van der Waals surface area contributed by atoms with Crippen molar-refractivity contribution in [1.29, 1.82) is 0 Å². The van der Waals surface area contributed by atoms with E-state index in [1.54, 1.807) is 42.6 Å². The molecule has 0 radical (unpaired) electrons. The number of carbonyl (C=O) groups excluding carboxylic acids is 1. The lowest BCUT2D eigenvalue weighted by molar-refractivity contribution is -0.141. The van der Waals surface area contributed by atoms with Gasteiger partial charge in [-0.1, -0.05) is 6.07 Å². The molecular weight excluding hydrogens is 494 g/mol. The summed E-state index contributed by atoms with van der Waals surface area (Å²) < 4.78 is 34.6. The molecule has 0 saturated carbocycles. The normalized spacial score (nSPS) is 14.9. The van der Waals surface area contributed by atoms with Crippen LogP contribution in [0, 0.1) is 24.5 Å². The Kier molecular flexibility index (Phi) is 6.78. The molecule has 0 bridgehead atoms. The van der Waals surface area contributed by atoms with E-state index in [9.17, 15) is 23.5 Å². The smallest absolute Gasteiger partial charge is 0.308 e. The Hall–Kier alpha value is -4.73. The van der Waals surface area contributed by atoms with E-state index in [-0.39, 0.29) is 29.6 Å². The summed E-state index contributed by atoms with van der Waals surface area (Å²) in [6.45, 7) is 2.39. The van der Waals surface area contributed by atoms with Gasteiger partial charge in [0, 0.05) is 37.6 Å². The molecule has 2 aromatic heterocycles. The molecule has 8 nitrogen and oxygen atoms in total. The molecule has 38 heavy (non-hydrogen) atoms. The number of benzene rings is 2. The molecule has 3 heterocycles. The van der Waals surface area contributed by atoms with Gasteiger partial charge in [-0.25, -0.2) is 8.78 Å². The van der Waals surface area contributed by atoms with Crippen molar-refractivity contribution >= 4 is 23.3 Å². The Morgan fingerprint density at radius 3 is 2.63 bits per heavy atom. The fourth-order valence-electron chi connectivity index (χ4n) is 4.29. The van der Waals surface area contributed by atoms with Crippen LogP contribution in [0.3, 0.4) is 0 Å². The maximum absolute atomic E-state index is 14.7. The molecule has 4 aromatic rings. The van der Waals surface area contributed by atoms with Crippen molar-refractivity contribution in [2.75, 3.05) is 18.4 Å². The average molecular weight is 519 g/mol. The molecular formula is C28H24F2N4O4. The van der Waals surface area contributed by atoms with Gasteiger partial charge in [0.25, 0.3) is 5.91 Å². The lowest BCUT2D eigenvalue weighted by Crippen LogP contribution is -2.29. The molecule has 1 amide bonds. The summed E-state index contributed by atoms with van der Waals surface area (Å²) >= 11 is 0. The second-order valence-electron chi connectivity index (χ2n) is 9.11. The minimum Gasteiger partial charge on any atom is -0.481 e. The van der Waals surface area contributed by atoms with Gasteiger partial charge >= 0.3 is 5.97 Å². The fraction of sp³-hybridized carbons (Fsp3) is 0.179. The van der Waals surface area contributed by atoms with Gasteiger partial charge in [0.05, 0.1) is 34.2 Å². The molecule has 0 aliphatic carbocycles. The zero-order chi connectivity index (χ0) is 26.8. The number of carboxylic acid groups (broad SMARTS) is 1. The number of aromatic amines is 1. The van der Waals surface area contributed by atoms with Crippen molar-refractivity contribution in [3.63, 3.8) is 0 Å². The highest BCUT2D eigenvalue weighted by Gasteiger charge is 2.31. The van der Waals surface area contributed by atoms with Crippen molar-refractivity contribution in [2.24, 2.45) is 5.92 Å². The summed E-state index contributed by atoms with van der Waals surface area (Å²) in [6, 6.07) is 13.7. The third kappa shape index (κ3) is 5.34. The molecule has 1 atom stereocenters. The number of ether oxygens (including phenoxy) is 1. The van der Waals surface area contributed by atoms with E-state index >= 15 is 0 Å². The van der Waals surface area contributed by atoms with Crippen LogP contribution < -0.4 is 10.1 Å². The topological polar surface area (TPSA) is 108 Å². The average Bonchev–Trinajstić information content (AvgIpc) is 3.58. The Balaban J connectivity index is 1.28. The number of pyridine rings is 1. The number of carboxylic acids is 1. The monoisotopic (exact) mass is 518 g/mol. The second-order valence-corrected chi connectivity index (χ2v) is 9.11. The largest absolute Gasteiger partial charge is 0.481 e. The van der Waals surface area contributed by atoms with Crippen LogP contribution >= 0.6 is 0 Å². The summed E-state index contributed by atoms with van der Waals surface area (Å²) in [4.78, 5) is 32.8. The van der Waals surface area contributed by atoms with E-state index in [4.69, 9.17) is 4.74 Å². The van der Waals surface area contributed by atoms with Gasteiger partial charge < -0.3 is 25.0 Å². The molecule has 1 fully saturated rings. The van der Waals surface area contributed by atoms with Gasteiger partial charge in [0.1, 0.15) is 23.1 Å². The Labute approximate surface area is 216 Å². The van der Waals surface area contributed by atoms with E-state index in [1.165, 1.54) is 29.3 Å². The summed E-state index contributed by atoms with van der Waals surface area (Å²) in [7, 11) is 0. The Bertz CT molecular complexity index is 1520. The quantitative estimate of drug-likeness (QED) is 0.288. The van der Waals surface area contributed by atoms with Crippen molar-refractivity contribution < 1.29 is 28.2 Å². The highest BCUT2D eigenvalue weighted by atomic mass is 19.1. The van der Waals surface area contributed by atoms with Gasteiger partial charge in [-0.05, 0) is 55.3 Å². The molecule has 194 valence electrons. The van der Waals surface area contributed by atoms with E-state index < -0.39 is 23.5 Å². The van der Waals surface area contributed by atoms with Crippen LogP contribution in [0.2, 0.25) is 0 Å². The first-order valence-electron chi connectivity index (χ1n) is 11.9. The van der Waals surface area contributed by atoms with Crippen molar-refractivity contribution in [1.82, 2.24) is 14.9 Å². The van der Waals surface area contributed by atoms with Crippen LogP contribution in [-0.4, -0.2) is 44.9 Å². The number of carbonyl (C=O) groups is 2. The predicted octanol–water partition coefficient (Wildman–Crippen LogP) is 5.75. The molecule has 5 rings (SSSR count). The van der Waals surface area contributed by atoms with Crippen LogP contribution in [0.15, 0.2) is 67.0 Å². The Morgan fingerprint density at radius 1 is 1.05 bits per heavy atom. The minimum absolute atomic E-state index is 0.105. The van der Waals surface area contributed by atoms with Crippen LogP contribution in [-0.2, 0) is 4.79 Å². The van der Waals surface area contributed by atoms with Gasteiger partial charge in [0.15, 0.2) is 0 Å². The summed E-state index contributed by atoms with van der Waals surface area (Å²) in [6.07, 6.45) is 3.51. The second kappa shape index (κ2) is 10.3. The molecule has 1 saturated heterocycles. The summed E-state index contributed by atoms with van der Waals surface area (Å²) in [5.74, 6) is -2.17. The standard InChI is InChI=1S/C28H24F2N4O4/c1-16-2-4-21(29)24(10-16)33-23-5-3-19(12-22(23)30)38-20-6-8-31-26(13-20)25-11-18(14-32-25)27(35)34-9-7-17(15-34)28(36)37/h2-6,8,10-14,17,32-33H,7,9,15H2,1H3,(H,36,37). The number of aromatic nitrogens is 2. The molecule has 10 heteroatoms. The lowest BCUT2D eigenvalue weighted by atomic mass is 10.1. The van der Waals surface area contributed by atoms with Crippen LogP contribution in [0.1, 0.15) is 22.3 Å².